The average molecular weight is 228 g/mol. The van der Waals surface area contributed by atoms with Gasteiger partial charge in [0.2, 0.25) is 0 Å². The molecule has 2 heteroatoms. The van der Waals surface area contributed by atoms with Gasteiger partial charge in [-0.1, -0.05) is 27.7 Å². The van der Waals surface area contributed by atoms with Crippen LogP contribution in [0, 0.1) is 17.8 Å². The highest BCUT2D eigenvalue weighted by atomic mass is 16.5. The Balaban J connectivity index is 2.67. The SMILES string of the molecule is CC(C)CC(O)(CC(C)C)C1CCCOC1. The summed E-state index contributed by atoms with van der Waals surface area (Å²) in [5.41, 5.74) is -0.511. The number of aliphatic hydroxyl groups is 1. The summed E-state index contributed by atoms with van der Waals surface area (Å²) >= 11 is 0. The summed E-state index contributed by atoms with van der Waals surface area (Å²) in [5.74, 6) is 1.43. The van der Waals surface area contributed by atoms with Crippen molar-refractivity contribution in [2.75, 3.05) is 13.2 Å². The second kappa shape index (κ2) is 6.02. The molecule has 1 saturated heterocycles. The van der Waals surface area contributed by atoms with Crippen molar-refractivity contribution in [3.05, 3.63) is 0 Å². The highest BCUT2D eigenvalue weighted by Gasteiger charge is 2.38. The van der Waals surface area contributed by atoms with E-state index in [1.165, 1.54) is 0 Å². The summed E-state index contributed by atoms with van der Waals surface area (Å²) in [4.78, 5) is 0. The van der Waals surface area contributed by atoms with Crippen LogP contribution in [0.4, 0.5) is 0 Å². The van der Waals surface area contributed by atoms with Crippen molar-refractivity contribution in [2.24, 2.45) is 17.8 Å². The molecule has 0 amide bonds. The number of hydrogen-bond acceptors (Lipinski definition) is 2. The van der Waals surface area contributed by atoms with Crippen LogP contribution >= 0.6 is 0 Å². The molecule has 0 aromatic carbocycles. The molecule has 16 heavy (non-hydrogen) atoms. The minimum atomic E-state index is -0.511. The fraction of sp³-hybridized carbons (Fsp3) is 1.00. The van der Waals surface area contributed by atoms with Crippen molar-refractivity contribution in [2.45, 2.75) is 59.0 Å². The van der Waals surface area contributed by atoms with Gasteiger partial charge in [-0.3, -0.25) is 0 Å². The van der Waals surface area contributed by atoms with Crippen molar-refractivity contribution in [3.63, 3.8) is 0 Å². The summed E-state index contributed by atoms with van der Waals surface area (Å²) in [6, 6.07) is 0. The Bertz CT molecular complexity index is 183. The molecule has 1 fully saturated rings. The van der Waals surface area contributed by atoms with Crippen molar-refractivity contribution in [1.29, 1.82) is 0 Å². The molecule has 0 spiro atoms. The highest BCUT2D eigenvalue weighted by molar-refractivity contribution is 4.89. The molecule has 0 aromatic heterocycles. The van der Waals surface area contributed by atoms with Gasteiger partial charge < -0.3 is 9.84 Å². The Morgan fingerprint density at radius 1 is 1.19 bits per heavy atom. The van der Waals surface area contributed by atoms with E-state index in [4.69, 9.17) is 4.74 Å². The standard InChI is InChI=1S/C14H28O2/c1-11(2)8-14(15,9-12(3)4)13-6-5-7-16-10-13/h11-13,15H,5-10H2,1-4H3. The predicted octanol–water partition coefficient (Wildman–Crippen LogP) is 3.24. The Labute approximate surface area is 100 Å². The Hall–Kier alpha value is -0.0800. The topological polar surface area (TPSA) is 29.5 Å². The zero-order valence-corrected chi connectivity index (χ0v) is 11.3. The molecule has 0 aromatic rings. The monoisotopic (exact) mass is 228 g/mol. The smallest absolute Gasteiger partial charge is 0.0702 e. The maximum Gasteiger partial charge on any atom is 0.0702 e. The molecule has 1 N–H and O–H groups in total. The zero-order chi connectivity index (χ0) is 12.2. The van der Waals surface area contributed by atoms with Gasteiger partial charge in [-0.15, -0.1) is 0 Å². The van der Waals surface area contributed by atoms with E-state index in [0.29, 0.717) is 17.8 Å². The Kier molecular flexibility index (Phi) is 5.26. The maximum atomic E-state index is 10.9. The van der Waals surface area contributed by atoms with Crippen molar-refractivity contribution >= 4 is 0 Å². The van der Waals surface area contributed by atoms with E-state index in [9.17, 15) is 5.11 Å². The Morgan fingerprint density at radius 2 is 1.75 bits per heavy atom. The van der Waals surface area contributed by atoms with Gasteiger partial charge in [0.05, 0.1) is 12.2 Å². The minimum Gasteiger partial charge on any atom is -0.389 e. The van der Waals surface area contributed by atoms with Gasteiger partial charge >= 0.3 is 0 Å². The molecule has 1 rings (SSSR count). The Morgan fingerprint density at radius 3 is 2.12 bits per heavy atom. The molecule has 1 unspecified atom stereocenters. The van der Waals surface area contributed by atoms with Gasteiger partial charge in [0.25, 0.3) is 0 Å². The van der Waals surface area contributed by atoms with Crippen LogP contribution < -0.4 is 0 Å². The largest absolute Gasteiger partial charge is 0.389 e. The quantitative estimate of drug-likeness (QED) is 0.783. The van der Waals surface area contributed by atoms with Gasteiger partial charge in [0.15, 0.2) is 0 Å². The molecular weight excluding hydrogens is 200 g/mol. The first-order valence-corrected chi connectivity index (χ1v) is 6.74. The van der Waals surface area contributed by atoms with E-state index in [1.54, 1.807) is 0 Å². The van der Waals surface area contributed by atoms with Gasteiger partial charge in [-0.2, -0.15) is 0 Å². The second-order valence-corrected chi connectivity index (χ2v) is 6.21. The normalized spacial score (nSPS) is 23.1. The first-order valence-electron chi connectivity index (χ1n) is 6.74. The summed E-state index contributed by atoms with van der Waals surface area (Å²) in [7, 11) is 0. The lowest BCUT2D eigenvalue weighted by molar-refractivity contribution is -0.100. The molecule has 1 heterocycles. The molecule has 0 saturated carbocycles. The van der Waals surface area contributed by atoms with Crippen molar-refractivity contribution in [1.82, 2.24) is 0 Å². The highest BCUT2D eigenvalue weighted by Crippen LogP contribution is 2.36. The molecule has 1 aliphatic rings. The fourth-order valence-corrected chi connectivity index (χ4v) is 3.00. The van der Waals surface area contributed by atoms with E-state index in [0.717, 1.165) is 38.9 Å². The first-order chi connectivity index (χ1) is 7.44. The molecule has 0 bridgehead atoms. The lowest BCUT2D eigenvalue weighted by Crippen LogP contribution is -2.44. The van der Waals surface area contributed by atoms with Crippen molar-refractivity contribution in [3.8, 4) is 0 Å². The predicted molar refractivity (Wildman–Crippen MR) is 67.4 cm³/mol. The molecular formula is C14H28O2. The summed E-state index contributed by atoms with van der Waals surface area (Å²) < 4.78 is 5.53. The molecule has 96 valence electrons. The average Bonchev–Trinajstić information content (AvgIpc) is 2.16. The number of hydrogen-bond donors (Lipinski definition) is 1. The van der Waals surface area contributed by atoms with E-state index in [2.05, 4.69) is 27.7 Å². The summed E-state index contributed by atoms with van der Waals surface area (Å²) in [6.45, 7) is 10.4. The third kappa shape index (κ3) is 4.06. The second-order valence-electron chi connectivity index (χ2n) is 6.21. The van der Waals surface area contributed by atoms with E-state index in [-0.39, 0.29) is 0 Å². The molecule has 0 aliphatic carbocycles. The van der Waals surface area contributed by atoms with Crippen LogP contribution in [0.3, 0.4) is 0 Å². The van der Waals surface area contributed by atoms with Gasteiger partial charge in [-0.05, 0) is 37.5 Å². The molecule has 1 atom stereocenters. The lowest BCUT2D eigenvalue weighted by atomic mass is 9.74. The minimum absolute atomic E-state index is 0.339. The molecule has 1 aliphatic heterocycles. The molecule has 0 radical (unpaired) electrons. The fourth-order valence-electron chi connectivity index (χ4n) is 3.00. The summed E-state index contributed by atoms with van der Waals surface area (Å²) in [5, 5.41) is 10.9. The first kappa shape index (κ1) is 14.0. The van der Waals surface area contributed by atoms with E-state index < -0.39 is 5.60 Å². The van der Waals surface area contributed by atoms with Crippen LogP contribution in [0.25, 0.3) is 0 Å². The lowest BCUT2D eigenvalue weighted by Gasteiger charge is -2.40. The third-order valence-electron chi connectivity index (χ3n) is 3.44. The maximum absolute atomic E-state index is 10.9. The van der Waals surface area contributed by atoms with Gasteiger partial charge in [0.1, 0.15) is 0 Å². The molecule has 2 nitrogen and oxygen atoms in total. The van der Waals surface area contributed by atoms with Crippen LogP contribution in [-0.2, 0) is 4.74 Å². The van der Waals surface area contributed by atoms with E-state index in [1.807, 2.05) is 0 Å². The third-order valence-corrected chi connectivity index (χ3v) is 3.44. The van der Waals surface area contributed by atoms with Crippen LogP contribution in [0.5, 0.6) is 0 Å². The van der Waals surface area contributed by atoms with Crippen LogP contribution in [0.1, 0.15) is 53.4 Å². The zero-order valence-electron chi connectivity index (χ0n) is 11.3. The van der Waals surface area contributed by atoms with Crippen LogP contribution in [0.2, 0.25) is 0 Å². The van der Waals surface area contributed by atoms with E-state index >= 15 is 0 Å². The number of ether oxygens (including phenoxy) is 1. The van der Waals surface area contributed by atoms with Crippen molar-refractivity contribution < 1.29 is 9.84 Å². The van der Waals surface area contributed by atoms with Crippen LogP contribution in [-0.4, -0.2) is 23.9 Å². The van der Waals surface area contributed by atoms with Crippen LogP contribution in [0.15, 0.2) is 0 Å². The van der Waals surface area contributed by atoms with Gasteiger partial charge in [-0.25, -0.2) is 0 Å². The summed E-state index contributed by atoms with van der Waals surface area (Å²) in [6.07, 6.45) is 4.03. The van der Waals surface area contributed by atoms with Gasteiger partial charge in [0, 0.05) is 12.5 Å². The number of rotatable bonds is 5.